The Labute approximate surface area is 171 Å². The van der Waals surface area contributed by atoms with E-state index in [2.05, 4.69) is 19.2 Å². The second-order valence-electron chi connectivity index (χ2n) is 7.79. The van der Waals surface area contributed by atoms with E-state index < -0.39 is 5.97 Å². The first-order valence-corrected chi connectivity index (χ1v) is 10.1. The summed E-state index contributed by atoms with van der Waals surface area (Å²) in [6, 6.07) is 15.4. The molecule has 1 N–H and O–H groups in total. The molecular formula is C24H27NO4. The van der Waals surface area contributed by atoms with Gasteiger partial charge in [-0.25, -0.2) is 4.79 Å². The van der Waals surface area contributed by atoms with Crippen LogP contribution in [0, 0.1) is 11.8 Å². The number of benzene rings is 2. The van der Waals surface area contributed by atoms with Gasteiger partial charge in [-0.3, -0.25) is 9.59 Å². The van der Waals surface area contributed by atoms with Crippen molar-refractivity contribution in [3.8, 4) is 0 Å². The summed E-state index contributed by atoms with van der Waals surface area (Å²) in [4.78, 5) is 36.8. The molecule has 1 amide bonds. The first-order valence-electron chi connectivity index (χ1n) is 10.1. The smallest absolute Gasteiger partial charge is 0.338 e. The fraction of sp³-hybridized carbons (Fsp3) is 0.375. The van der Waals surface area contributed by atoms with Crippen molar-refractivity contribution in [1.82, 2.24) is 5.32 Å². The van der Waals surface area contributed by atoms with Gasteiger partial charge in [0.2, 0.25) is 0 Å². The number of carbonyl (C=O) groups excluding carboxylic acids is 3. The van der Waals surface area contributed by atoms with Crippen molar-refractivity contribution >= 4 is 17.7 Å². The van der Waals surface area contributed by atoms with E-state index >= 15 is 0 Å². The Bertz CT molecular complexity index is 860. The van der Waals surface area contributed by atoms with Gasteiger partial charge in [-0.05, 0) is 30.4 Å². The van der Waals surface area contributed by atoms with E-state index in [0.717, 1.165) is 12.8 Å². The molecule has 0 aromatic heterocycles. The molecule has 0 radical (unpaired) electrons. The van der Waals surface area contributed by atoms with Gasteiger partial charge in [0.05, 0.1) is 5.56 Å². The summed E-state index contributed by atoms with van der Waals surface area (Å²) in [6.07, 6.45) is 3.25. The van der Waals surface area contributed by atoms with Gasteiger partial charge in [0.15, 0.2) is 12.4 Å². The molecule has 2 aromatic rings. The van der Waals surface area contributed by atoms with Gasteiger partial charge < -0.3 is 10.1 Å². The van der Waals surface area contributed by atoms with Crippen LogP contribution in [-0.4, -0.2) is 30.3 Å². The van der Waals surface area contributed by atoms with E-state index in [9.17, 15) is 14.4 Å². The second-order valence-corrected chi connectivity index (χ2v) is 7.79. The average Bonchev–Trinajstić information content (AvgIpc) is 2.75. The number of nitrogens with one attached hydrogen (secondary N) is 1. The molecule has 5 nitrogen and oxygen atoms in total. The van der Waals surface area contributed by atoms with Crippen LogP contribution < -0.4 is 5.32 Å². The van der Waals surface area contributed by atoms with Crippen LogP contribution in [0.4, 0.5) is 0 Å². The highest BCUT2D eigenvalue weighted by Gasteiger charge is 2.28. The third kappa shape index (κ3) is 5.31. The molecule has 3 rings (SSSR count). The topological polar surface area (TPSA) is 72.5 Å². The van der Waals surface area contributed by atoms with Crippen molar-refractivity contribution in [3.05, 3.63) is 71.3 Å². The number of esters is 1. The van der Waals surface area contributed by atoms with Crippen LogP contribution >= 0.6 is 0 Å². The third-order valence-electron chi connectivity index (χ3n) is 5.81. The Kier molecular flexibility index (Phi) is 6.81. The minimum Gasteiger partial charge on any atom is -0.452 e. The van der Waals surface area contributed by atoms with Gasteiger partial charge in [-0.1, -0.05) is 69.2 Å². The Morgan fingerprint density at radius 1 is 0.897 bits per heavy atom. The molecule has 0 spiro atoms. The number of ether oxygens (including phenoxy) is 1. The number of carbonyl (C=O) groups is 3. The van der Waals surface area contributed by atoms with E-state index in [1.165, 1.54) is 6.42 Å². The molecule has 0 saturated heterocycles. The summed E-state index contributed by atoms with van der Waals surface area (Å²) in [6.45, 7) is 4.05. The van der Waals surface area contributed by atoms with Crippen molar-refractivity contribution in [2.45, 2.75) is 39.2 Å². The molecule has 0 bridgehead atoms. The van der Waals surface area contributed by atoms with Crippen molar-refractivity contribution in [3.63, 3.8) is 0 Å². The quantitative estimate of drug-likeness (QED) is 0.594. The van der Waals surface area contributed by atoms with Crippen molar-refractivity contribution in [1.29, 1.82) is 0 Å². The molecule has 1 aliphatic carbocycles. The lowest BCUT2D eigenvalue weighted by Gasteiger charge is -2.34. The Hall–Kier alpha value is -2.95. The molecule has 0 aliphatic heterocycles. The number of hydrogen-bond acceptors (Lipinski definition) is 4. The molecule has 1 fully saturated rings. The van der Waals surface area contributed by atoms with Crippen LogP contribution in [0.25, 0.3) is 0 Å². The highest BCUT2D eigenvalue weighted by molar-refractivity contribution is 6.09. The van der Waals surface area contributed by atoms with E-state index in [1.54, 1.807) is 48.5 Å². The van der Waals surface area contributed by atoms with E-state index in [-0.39, 0.29) is 24.3 Å². The van der Waals surface area contributed by atoms with E-state index in [4.69, 9.17) is 4.74 Å². The lowest BCUT2D eigenvalue weighted by molar-refractivity contribution is -0.125. The Balaban J connectivity index is 1.52. The second kappa shape index (κ2) is 9.50. The molecular weight excluding hydrogens is 366 g/mol. The largest absolute Gasteiger partial charge is 0.452 e. The summed E-state index contributed by atoms with van der Waals surface area (Å²) in [5.74, 6) is 0.0247. The van der Waals surface area contributed by atoms with Crippen LogP contribution in [0.3, 0.4) is 0 Å². The number of rotatable bonds is 6. The maximum atomic E-state index is 12.4. The predicted molar refractivity (Wildman–Crippen MR) is 111 cm³/mol. The van der Waals surface area contributed by atoms with Gasteiger partial charge in [0.25, 0.3) is 5.91 Å². The van der Waals surface area contributed by atoms with Gasteiger partial charge >= 0.3 is 5.97 Å². The van der Waals surface area contributed by atoms with Crippen molar-refractivity contribution in [2.75, 3.05) is 6.61 Å². The van der Waals surface area contributed by atoms with Gasteiger partial charge in [0.1, 0.15) is 0 Å². The first kappa shape index (κ1) is 20.8. The monoisotopic (exact) mass is 393 g/mol. The maximum Gasteiger partial charge on any atom is 0.338 e. The predicted octanol–water partition coefficient (Wildman–Crippen LogP) is 4.02. The zero-order valence-corrected chi connectivity index (χ0v) is 16.9. The Morgan fingerprint density at radius 3 is 2.21 bits per heavy atom. The SMILES string of the molecule is C[C@@H]1[C@H](C)CCC[C@@H]1NC(=O)COC(=O)c1ccc(C(=O)c2ccccc2)cc1. The van der Waals surface area contributed by atoms with Crippen LogP contribution in [0.1, 0.15) is 59.4 Å². The molecule has 1 aliphatic rings. The molecule has 152 valence electrons. The van der Waals surface area contributed by atoms with E-state index in [1.807, 2.05) is 6.07 Å². The summed E-state index contributed by atoms with van der Waals surface area (Å²) in [5.41, 5.74) is 1.39. The van der Waals surface area contributed by atoms with Crippen LogP contribution in [-0.2, 0) is 9.53 Å². The number of ketones is 1. The molecule has 29 heavy (non-hydrogen) atoms. The third-order valence-corrected chi connectivity index (χ3v) is 5.81. The lowest BCUT2D eigenvalue weighted by Crippen LogP contribution is -2.45. The molecule has 1 saturated carbocycles. The lowest BCUT2D eigenvalue weighted by atomic mass is 9.78. The highest BCUT2D eigenvalue weighted by Crippen LogP contribution is 2.29. The first-order chi connectivity index (χ1) is 14.0. The molecule has 5 heteroatoms. The Morgan fingerprint density at radius 2 is 1.52 bits per heavy atom. The standard InChI is InChI=1S/C24H27NO4/c1-16-7-6-10-21(17(16)2)25-22(26)15-29-24(28)20-13-11-19(12-14-20)23(27)18-8-4-3-5-9-18/h3-5,8-9,11-14,16-17,21H,6-7,10,15H2,1-2H3,(H,25,26)/t16-,17-,21+/m1/s1. The number of amides is 1. The summed E-state index contributed by atoms with van der Waals surface area (Å²) in [5, 5.41) is 2.99. The fourth-order valence-electron chi connectivity index (χ4n) is 3.76. The summed E-state index contributed by atoms with van der Waals surface area (Å²) >= 11 is 0. The van der Waals surface area contributed by atoms with Crippen molar-refractivity contribution in [2.24, 2.45) is 11.8 Å². The fourth-order valence-corrected chi connectivity index (χ4v) is 3.76. The highest BCUT2D eigenvalue weighted by atomic mass is 16.5. The van der Waals surface area contributed by atoms with Crippen LogP contribution in [0.15, 0.2) is 54.6 Å². The van der Waals surface area contributed by atoms with Crippen molar-refractivity contribution < 1.29 is 19.1 Å². The minimum absolute atomic E-state index is 0.110. The molecule has 3 atom stereocenters. The van der Waals surface area contributed by atoms with E-state index in [0.29, 0.717) is 28.5 Å². The molecule has 0 heterocycles. The van der Waals surface area contributed by atoms with Gasteiger partial charge in [-0.2, -0.15) is 0 Å². The van der Waals surface area contributed by atoms with Crippen LogP contribution in [0.5, 0.6) is 0 Å². The molecule has 0 unspecified atom stereocenters. The zero-order chi connectivity index (χ0) is 20.8. The maximum absolute atomic E-state index is 12.4. The average molecular weight is 393 g/mol. The minimum atomic E-state index is -0.580. The summed E-state index contributed by atoms with van der Waals surface area (Å²) < 4.78 is 5.14. The molecule has 2 aromatic carbocycles. The van der Waals surface area contributed by atoms with Gasteiger partial charge in [-0.15, -0.1) is 0 Å². The summed E-state index contributed by atoms with van der Waals surface area (Å²) in [7, 11) is 0. The zero-order valence-electron chi connectivity index (χ0n) is 16.9. The normalized spacial score (nSPS) is 21.2. The van der Waals surface area contributed by atoms with Crippen LogP contribution in [0.2, 0.25) is 0 Å². The number of hydrogen-bond donors (Lipinski definition) is 1. The van der Waals surface area contributed by atoms with Gasteiger partial charge in [0, 0.05) is 17.2 Å².